The lowest BCUT2D eigenvalue weighted by Crippen LogP contribution is -2.07. The Labute approximate surface area is 206 Å². The molecule has 0 bridgehead atoms. The SMILES string of the molecule is O=C(/C=C/c1ccc(-c2ccccc2[N+](=O)[O-])o1)Nc1ccc2oc(-c3cncc(Br)c3)nc2c1. The number of hydrogen-bond acceptors (Lipinski definition) is 7. The molecule has 5 rings (SSSR count). The highest BCUT2D eigenvalue weighted by Gasteiger charge is 2.17. The van der Waals surface area contributed by atoms with Gasteiger partial charge in [0.1, 0.15) is 17.0 Å². The van der Waals surface area contributed by atoms with Gasteiger partial charge in [0, 0.05) is 34.7 Å². The van der Waals surface area contributed by atoms with Crippen LogP contribution in [0.25, 0.3) is 40.0 Å². The van der Waals surface area contributed by atoms with E-state index in [0.717, 1.165) is 10.0 Å². The number of hydrogen-bond donors (Lipinski definition) is 1. The Morgan fingerprint density at radius 3 is 2.74 bits per heavy atom. The van der Waals surface area contributed by atoms with Gasteiger partial charge in [-0.05, 0) is 64.5 Å². The smallest absolute Gasteiger partial charge is 0.280 e. The van der Waals surface area contributed by atoms with Crippen molar-refractivity contribution in [2.45, 2.75) is 0 Å². The van der Waals surface area contributed by atoms with Gasteiger partial charge >= 0.3 is 0 Å². The maximum atomic E-state index is 12.4. The predicted octanol–water partition coefficient (Wildman–Crippen LogP) is 6.47. The van der Waals surface area contributed by atoms with Crippen LogP contribution in [0.15, 0.2) is 92.4 Å². The maximum absolute atomic E-state index is 12.4. The third-order valence-corrected chi connectivity index (χ3v) is 5.43. The normalized spacial score (nSPS) is 11.2. The highest BCUT2D eigenvalue weighted by atomic mass is 79.9. The molecule has 0 saturated carbocycles. The second-order valence-corrected chi connectivity index (χ2v) is 8.31. The number of pyridine rings is 1. The molecular weight excluding hydrogens is 516 g/mol. The molecule has 5 aromatic rings. The zero-order valence-corrected chi connectivity index (χ0v) is 19.4. The number of carbonyl (C=O) groups excluding carboxylic acids is 1. The van der Waals surface area contributed by atoms with E-state index in [-0.39, 0.29) is 11.6 Å². The van der Waals surface area contributed by atoms with Gasteiger partial charge in [-0.2, -0.15) is 0 Å². The first-order valence-electron chi connectivity index (χ1n) is 10.3. The second-order valence-electron chi connectivity index (χ2n) is 7.39. The van der Waals surface area contributed by atoms with Crippen LogP contribution < -0.4 is 5.32 Å². The Balaban J connectivity index is 1.29. The topological polar surface area (TPSA) is 124 Å². The molecule has 10 heteroatoms. The Hall–Kier alpha value is -4.57. The number of nitro benzene ring substituents is 1. The third kappa shape index (κ3) is 4.87. The van der Waals surface area contributed by atoms with Crippen molar-refractivity contribution in [1.82, 2.24) is 9.97 Å². The molecule has 0 saturated heterocycles. The van der Waals surface area contributed by atoms with Gasteiger partial charge in [0.05, 0.1) is 16.1 Å². The van der Waals surface area contributed by atoms with Crippen molar-refractivity contribution in [1.29, 1.82) is 0 Å². The number of amides is 1. The van der Waals surface area contributed by atoms with Crippen LogP contribution in [0.4, 0.5) is 11.4 Å². The number of anilines is 1. The number of aromatic nitrogens is 2. The maximum Gasteiger partial charge on any atom is 0.280 e. The van der Waals surface area contributed by atoms with Crippen LogP contribution in [-0.4, -0.2) is 20.8 Å². The lowest BCUT2D eigenvalue weighted by molar-refractivity contribution is -0.384. The van der Waals surface area contributed by atoms with Gasteiger partial charge in [-0.1, -0.05) is 12.1 Å². The Kier molecular flexibility index (Phi) is 5.94. The van der Waals surface area contributed by atoms with E-state index >= 15 is 0 Å². The fourth-order valence-electron chi connectivity index (χ4n) is 3.43. The van der Waals surface area contributed by atoms with E-state index in [1.807, 2.05) is 6.07 Å². The number of para-hydroxylation sites is 1. The minimum absolute atomic E-state index is 0.0577. The summed E-state index contributed by atoms with van der Waals surface area (Å²) < 4.78 is 12.3. The summed E-state index contributed by atoms with van der Waals surface area (Å²) in [5.74, 6) is 0.759. The van der Waals surface area contributed by atoms with E-state index in [9.17, 15) is 14.9 Å². The number of nitrogens with one attached hydrogen (secondary N) is 1. The number of benzene rings is 2. The van der Waals surface area contributed by atoms with Crippen LogP contribution in [0.5, 0.6) is 0 Å². The number of fused-ring (bicyclic) bond motifs is 1. The zero-order valence-electron chi connectivity index (χ0n) is 17.8. The molecule has 172 valence electrons. The number of furan rings is 1. The summed E-state index contributed by atoms with van der Waals surface area (Å²) in [4.78, 5) is 31.8. The number of halogens is 1. The summed E-state index contributed by atoms with van der Waals surface area (Å²) in [5.41, 5.74) is 2.73. The zero-order chi connectivity index (χ0) is 24.4. The molecule has 0 fully saturated rings. The number of oxazole rings is 1. The van der Waals surface area contributed by atoms with E-state index in [4.69, 9.17) is 8.83 Å². The van der Waals surface area contributed by atoms with Crippen LogP contribution in [0.2, 0.25) is 0 Å². The molecule has 0 radical (unpaired) electrons. The van der Waals surface area contributed by atoms with Crippen molar-refractivity contribution in [2.24, 2.45) is 0 Å². The monoisotopic (exact) mass is 530 g/mol. The molecule has 0 atom stereocenters. The summed E-state index contributed by atoms with van der Waals surface area (Å²) in [6, 6.07) is 16.5. The van der Waals surface area contributed by atoms with E-state index in [1.165, 1.54) is 18.2 Å². The first-order chi connectivity index (χ1) is 17.0. The molecule has 2 aromatic carbocycles. The minimum Gasteiger partial charge on any atom is -0.456 e. The first kappa shape index (κ1) is 22.2. The Bertz CT molecular complexity index is 1600. The van der Waals surface area contributed by atoms with Crippen LogP contribution in [0.1, 0.15) is 5.76 Å². The second kappa shape index (κ2) is 9.35. The predicted molar refractivity (Wildman–Crippen MR) is 133 cm³/mol. The van der Waals surface area contributed by atoms with Gasteiger partial charge in [-0.25, -0.2) is 4.98 Å². The first-order valence-corrected chi connectivity index (χ1v) is 11.1. The summed E-state index contributed by atoms with van der Waals surface area (Å²) in [5, 5.41) is 14.0. The number of rotatable bonds is 6. The van der Waals surface area contributed by atoms with Crippen molar-refractivity contribution >= 4 is 50.4 Å². The van der Waals surface area contributed by atoms with Gasteiger partial charge in [0.25, 0.3) is 5.69 Å². The van der Waals surface area contributed by atoms with Gasteiger partial charge < -0.3 is 14.2 Å². The molecule has 0 unspecified atom stereocenters. The van der Waals surface area contributed by atoms with Gasteiger partial charge in [-0.3, -0.25) is 19.9 Å². The van der Waals surface area contributed by atoms with Crippen LogP contribution in [0.3, 0.4) is 0 Å². The molecule has 1 N–H and O–H groups in total. The highest BCUT2D eigenvalue weighted by molar-refractivity contribution is 9.10. The molecule has 0 spiro atoms. The molecule has 3 heterocycles. The number of nitrogens with zero attached hydrogens (tertiary/aromatic N) is 3. The van der Waals surface area contributed by atoms with Crippen LogP contribution in [-0.2, 0) is 4.79 Å². The van der Waals surface area contributed by atoms with Crippen molar-refractivity contribution < 1.29 is 18.6 Å². The van der Waals surface area contributed by atoms with Crippen LogP contribution >= 0.6 is 15.9 Å². The third-order valence-electron chi connectivity index (χ3n) is 5.00. The summed E-state index contributed by atoms with van der Waals surface area (Å²) >= 11 is 3.38. The van der Waals surface area contributed by atoms with E-state index in [2.05, 4.69) is 31.2 Å². The average Bonchev–Trinajstić information content (AvgIpc) is 3.50. The lowest BCUT2D eigenvalue weighted by atomic mass is 10.1. The Morgan fingerprint density at radius 1 is 1.06 bits per heavy atom. The minimum atomic E-state index is -0.467. The molecule has 0 aliphatic rings. The molecule has 0 aliphatic carbocycles. The van der Waals surface area contributed by atoms with Crippen molar-refractivity contribution in [3.63, 3.8) is 0 Å². The summed E-state index contributed by atoms with van der Waals surface area (Å²) in [7, 11) is 0. The van der Waals surface area contributed by atoms with E-state index in [1.54, 1.807) is 60.9 Å². The molecular formula is C25H15BrN4O5. The van der Waals surface area contributed by atoms with Gasteiger partial charge in [0.15, 0.2) is 5.58 Å². The largest absolute Gasteiger partial charge is 0.456 e. The lowest BCUT2D eigenvalue weighted by Gasteiger charge is -2.01. The van der Waals surface area contributed by atoms with Crippen molar-refractivity contribution in [3.8, 4) is 22.8 Å². The Morgan fingerprint density at radius 2 is 1.91 bits per heavy atom. The van der Waals surface area contributed by atoms with Gasteiger partial charge in [-0.15, -0.1) is 0 Å². The molecule has 35 heavy (non-hydrogen) atoms. The van der Waals surface area contributed by atoms with Gasteiger partial charge in [0.2, 0.25) is 11.8 Å². The van der Waals surface area contributed by atoms with Crippen molar-refractivity contribution in [2.75, 3.05) is 5.32 Å². The fraction of sp³-hybridized carbons (Fsp3) is 0. The molecule has 9 nitrogen and oxygen atoms in total. The number of nitro groups is 1. The standard InChI is InChI=1S/C25H15BrN4O5/c26-16-11-15(13-27-14-16)25-29-20-12-17(5-8-23(20)35-25)28-24(31)10-7-18-6-9-22(34-18)19-3-1-2-4-21(19)30(32)33/h1-14H,(H,28,31)/b10-7+. The average molecular weight is 531 g/mol. The summed E-state index contributed by atoms with van der Waals surface area (Å²) in [6.45, 7) is 0. The number of carbonyl (C=O) groups is 1. The molecule has 3 aromatic heterocycles. The summed E-state index contributed by atoms with van der Waals surface area (Å²) in [6.07, 6.45) is 6.12. The van der Waals surface area contributed by atoms with Crippen molar-refractivity contribution in [3.05, 3.63) is 99.5 Å². The molecule has 0 aliphatic heterocycles. The van der Waals surface area contributed by atoms with Crippen LogP contribution in [0, 0.1) is 10.1 Å². The quantitative estimate of drug-likeness (QED) is 0.151. The van der Waals surface area contributed by atoms with E-state index < -0.39 is 4.92 Å². The highest BCUT2D eigenvalue weighted by Crippen LogP contribution is 2.31. The fourth-order valence-corrected chi connectivity index (χ4v) is 3.79. The van der Waals surface area contributed by atoms with E-state index in [0.29, 0.717) is 39.8 Å². The molecule has 1 amide bonds.